The zero-order valence-corrected chi connectivity index (χ0v) is 16.7. The number of halogens is 1. The van der Waals surface area contributed by atoms with Crippen LogP contribution in [-0.4, -0.2) is 29.1 Å². The molecule has 0 fully saturated rings. The Morgan fingerprint density at radius 1 is 1.22 bits per heavy atom. The fourth-order valence-corrected chi connectivity index (χ4v) is 3.05. The molecule has 0 saturated carbocycles. The third kappa shape index (κ3) is 4.84. The number of hydrogen-bond donors (Lipinski definition) is 2. The Kier molecular flexibility index (Phi) is 7.94. The van der Waals surface area contributed by atoms with Crippen LogP contribution >= 0.6 is 12.4 Å². The first-order chi connectivity index (χ1) is 12.3. The van der Waals surface area contributed by atoms with E-state index in [0.29, 0.717) is 34.7 Å². The molecule has 0 radical (unpaired) electrons. The molecule has 0 aliphatic heterocycles. The van der Waals surface area contributed by atoms with Crippen molar-refractivity contribution in [3.63, 3.8) is 0 Å². The molecule has 0 spiro atoms. The fraction of sp³-hybridized carbons (Fsp3) is 0.350. The lowest BCUT2D eigenvalue weighted by Crippen LogP contribution is -2.15. The average molecular weight is 393 g/mol. The van der Waals surface area contributed by atoms with Crippen LogP contribution in [-0.2, 0) is 17.7 Å². The quantitative estimate of drug-likeness (QED) is 0.728. The molecule has 7 heteroatoms. The second kappa shape index (κ2) is 9.48. The molecule has 0 aliphatic rings. The van der Waals surface area contributed by atoms with Crippen molar-refractivity contribution in [3.8, 4) is 11.1 Å². The summed E-state index contributed by atoms with van der Waals surface area (Å²) >= 11 is 0. The van der Waals surface area contributed by atoms with Crippen molar-refractivity contribution in [2.75, 3.05) is 7.11 Å². The number of ether oxygens (including phenoxy) is 1. The van der Waals surface area contributed by atoms with Gasteiger partial charge in [0, 0.05) is 17.8 Å². The number of carbonyl (C=O) groups excluding carboxylic acids is 1. The minimum Gasteiger partial charge on any atom is -0.478 e. The number of carboxylic acid groups (broad SMARTS) is 1. The first-order valence-electron chi connectivity index (χ1n) is 8.44. The van der Waals surface area contributed by atoms with Gasteiger partial charge >= 0.3 is 11.9 Å². The largest absolute Gasteiger partial charge is 0.478 e. The van der Waals surface area contributed by atoms with Gasteiger partial charge in [-0.2, -0.15) is 0 Å². The van der Waals surface area contributed by atoms with Crippen LogP contribution in [0.2, 0.25) is 0 Å². The summed E-state index contributed by atoms with van der Waals surface area (Å²) in [5.74, 6) is -1.13. The summed E-state index contributed by atoms with van der Waals surface area (Å²) in [5.41, 5.74) is 9.77. The first kappa shape index (κ1) is 22.6. The summed E-state index contributed by atoms with van der Waals surface area (Å²) in [6, 6.07) is 6.66. The third-order valence-corrected chi connectivity index (χ3v) is 4.18. The van der Waals surface area contributed by atoms with Gasteiger partial charge in [-0.25, -0.2) is 9.59 Å². The van der Waals surface area contributed by atoms with E-state index in [1.54, 1.807) is 31.2 Å². The first-order valence-corrected chi connectivity index (χ1v) is 8.44. The van der Waals surface area contributed by atoms with E-state index in [2.05, 4.69) is 18.8 Å². The van der Waals surface area contributed by atoms with Crippen LogP contribution in [0.1, 0.15) is 51.5 Å². The highest BCUT2D eigenvalue weighted by molar-refractivity contribution is 5.99. The summed E-state index contributed by atoms with van der Waals surface area (Å²) in [7, 11) is 1.32. The summed E-state index contributed by atoms with van der Waals surface area (Å²) in [6.07, 6.45) is 0.709. The average Bonchev–Trinajstić information content (AvgIpc) is 2.59. The van der Waals surface area contributed by atoms with Crippen LogP contribution in [0.4, 0.5) is 0 Å². The van der Waals surface area contributed by atoms with Crippen LogP contribution in [0.15, 0.2) is 24.3 Å². The monoisotopic (exact) mass is 392 g/mol. The lowest BCUT2D eigenvalue weighted by molar-refractivity contribution is 0.0599. The lowest BCUT2D eigenvalue weighted by atomic mass is 9.90. The molecule has 2 aromatic rings. The topological polar surface area (TPSA) is 103 Å². The Morgan fingerprint density at radius 2 is 1.81 bits per heavy atom. The number of pyridine rings is 1. The van der Waals surface area contributed by atoms with Gasteiger partial charge in [-0.15, -0.1) is 12.4 Å². The number of aryl methyl sites for hydroxylation is 1. The molecule has 0 unspecified atom stereocenters. The number of nitrogens with two attached hydrogens (primary N) is 1. The van der Waals surface area contributed by atoms with Gasteiger partial charge in [0.1, 0.15) is 0 Å². The second-order valence-electron chi connectivity index (χ2n) is 6.55. The Morgan fingerprint density at radius 3 is 2.26 bits per heavy atom. The van der Waals surface area contributed by atoms with E-state index in [1.165, 1.54) is 7.11 Å². The highest BCUT2D eigenvalue weighted by Crippen LogP contribution is 2.32. The van der Waals surface area contributed by atoms with Crippen molar-refractivity contribution in [1.29, 1.82) is 0 Å². The molecule has 0 aliphatic carbocycles. The van der Waals surface area contributed by atoms with Crippen molar-refractivity contribution in [1.82, 2.24) is 4.98 Å². The highest BCUT2D eigenvalue weighted by Gasteiger charge is 2.23. The molecular weight excluding hydrogens is 368 g/mol. The highest BCUT2D eigenvalue weighted by atomic mass is 35.5. The zero-order chi connectivity index (χ0) is 19.4. The molecule has 0 bridgehead atoms. The second-order valence-corrected chi connectivity index (χ2v) is 6.55. The van der Waals surface area contributed by atoms with Crippen molar-refractivity contribution >= 4 is 24.3 Å². The standard InChI is InChI=1S/C20H24N2O4.ClH/c1-11(2)9-16-15(10-21)18(17(19(23)24)12(3)22-16)13-5-7-14(8-6-13)20(25)26-4;/h5-8,11H,9-10,21H2,1-4H3,(H,23,24);1H. The van der Waals surface area contributed by atoms with E-state index >= 15 is 0 Å². The van der Waals surface area contributed by atoms with Crippen LogP contribution in [0.3, 0.4) is 0 Å². The summed E-state index contributed by atoms with van der Waals surface area (Å²) in [5, 5.41) is 9.73. The van der Waals surface area contributed by atoms with E-state index in [-0.39, 0.29) is 24.5 Å². The molecule has 2 rings (SSSR count). The molecule has 1 aromatic carbocycles. The van der Waals surface area contributed by atoms with Gasteiger partial charge in [0.25, 0.3) is 0 Å². The number of hydrogen-bond acceptors (Lipinski definition) is 5. The van der Waals surface area contributed by atoms with Gasteiger partial charge < -0.3 is 15.6 Å². The summed E-state index contributed by atoms with van der Waals surface area (Å²) in [6.45, 7) is 6.03. The van der Waals surface area contributed by atoms with Crippen molar-refractivity contribution in [3.05, 3.63) is 52.3 Å². The van der Waals surface area contributed by atoms with Crippen LogP contribution in [0.5, 0.6) is 0 Å². The molecule has 27 heavy (non-hydrogen) atoms. The predicted octanol–water partition coefficient (Wildman–Crippen LogP) is 3.62. The van der Waals surface area contributed by atoms with E-state index in [9.17, 15) is 14.7 Å². The fourth-order valence-electron chi connectivity index (χ4n) is 3.05. The predicted molar refractivity (Wildman–Crippen MR) is 106 cm³/mol. The van der Waals surface area contributed by atoms with Crippen molar-refractivity contribution < 1.29 is 19.4 Å². The number of nitrogens with zero attached hydrogens (tertiary/aromatic N) is 1. The maximum Gasteiger partial charge on any atom is 0.338 e. The zero-order valence-electron chi connectivity index (χ0n) is 15.9. The van der Waals surface area contributed by atoms with Gasteiger partial charge in [0.15, 0.2) is 0 Å². The normalized spacial score (nSPS) is 10.4. The maximum atomic E-state index is 11.9. The SMILES string of the molecule is COC(=O)c1ccc(-c2c(CN)c(CC(C)C)nc(C)c2C(=O)O)cc1.Cl. The Balaban J connectivity index is 0.00000364. The third-order valence-electron chi connectivity index (χ3n) is 4.18. The molecule has 146 valence electrons. The Labute approximate surface area is 165 Å². The number of carboxylic acids is 1. The van der Waals surface area contributed by atoms with Gasteiger partial charge in [0.05, 0.1) is 23.9 Å². The maximum absolute atomic E-state index is 11.9. The molecule has 1 aromatic heterocycles. The Hall–Kier alpha value is -2.44. The number of methoxy groups -OCH3 is 1. The van der Waals surface area contributed by atoms with Gasteiger partial charge in [-0.3, -0.25) is 4.98 Å². The minimum absolute atomic E-state index is 0. The van der Waals surface area contributed by atoms with Crippen molar-refractivity contribution in [2.24, 2.45) is 11.7 Å². The van der Waals surface area contributed by atoms with E-state index < -0.39 is 11.9 Å². The summed E-state index contributed by atoms with van der Waals surface area (Å²) in [4.78, 5) is 28.0. The number of rotatable bonds is 6. The van der Waals surface area contributed by atoms with E-state index in [4.69, 9.17) is 10.5 Å². The number of aromatic nitrogens is 1. The number of benzene rings is 1. The van der Waals surface area contributed by atoms with Crippen LogP contribution in [0.25, 0.3) is 11.1 Å². The molecule has 0 saturated heterocycles. The molecule has 0 amide bonds. The van der Waals surface area contributed by atoms with Gasteiger partial charge in [-0.05, 0) is 42.5 Å². The summed E-state index contributed by atoms with van der Waals surface area (Å²) < 4.78 is 4.71. The van der Waals surface area contributed by atoms with Crippen LogP contribution < -0.4 is 5.73 Å². The van der Waals surface area contributed by atoms with Gasteiger partial charge in [-0.1, -0.05) is 26.0 Å². The molecular formula is C20H25ClN2O4. The molecule has 6 nitrogen and oxygen atoms in total. The van der Waals surface area contributed by atoms with Crippen molar-refractivity contribution in [2.45, 2.75) is 33.7 Å². The van der Waals surface area contributed by atoms with Crippen LogP contribution in [0, 0.1) is 12.8 Å². The smallest absolute Gasteiger partial charge is 0.338 e. The number of aromatic carboxylic acids is 1. The van der Waals surface area contributed by atoms with E-state index in [1.807, 2.05) is 0 Å². The minimum atomic E-state index is -1.05. The molecule has 3 N–H and O–H groups in total. The Bertz CT molecular complexity index is 833. The lowest BCUT2D eigenvalue weighted by Gasteiger charge is -2.19. The van der Waals surface area contributed by atoms with E-state index in [0.717, 1.165) is 11.3 Å². The number of carbonyl (C=O) groups is 2. The molecule has 0 atom stereocenters. The van der Waals surface area contributed by atoms with Gasteiger partial charge in [0.2, 0.25) is 0 Å². The molecule has 1 heterocycles. The number of esters is 1.